The van der Waals surface area contributed by atoms with E-state index >= 15 is 0 Å². The SMILES string of the molecule is C/C(C/C(C)=N/c1cnc2ccccc2c1)=N/c1cnc2ccccc2c1. The highest BCUT2D eigenvalue weighted by Gasteiger charge is 2.01. The fraction of sp³-hybridized carbons (Fsp3) is 0.130. The summed E-state index contributed by atoms with van der Waals surface area (Å²) in [5.41, 5.74) is 5.70. The van der Waals surface area contributed by atoms with Crippen LogP contribution in [0.25, 0.3) is 21.8 Å². The Morgan fingerprint density at radius 3 is 1.63 bits per heavy atom. The molecule has 0 bridgehead atoms. The number of benzene rings is 2. The van der Waals surface area contributed by atoms with Gasteiger partial charge < -0.3 is 0 Å². The molecule has 0 N–H and O–H groups in total. The van der Waals surface area contributed by atoms with E-state index in [-0.39, 0.29) is 0 Å². The van der Waals surface area contributed by atoms with Gasteiger partial charge in [-0.1, -0.05) is 36.4 Å². The Kier molecular flexibility index (Phi) is 4.71. The van der Waals surface area contributed by atoms with Crippen LogP contribution in [0.15, 0.2) is 83.0 Å². The zero-order valence-electron chi connectivity index (χ0n) is 15.4. The van der Waals surface area contributed by atoms with Gasteiger partial charge in [0, 0.05) is 28.6 Å². The van der Waals surface area contributed by atoms with Crippen molar-refractivity contribution in [2.75, 3.05) is 0 Å². The van der Waals surface area contributed by atoms with Gasteiger partial charge in [-0.15, -0.1) is 0 Å². The van der Waals surface area contributed by atoms with Crippen LogP contribution >= 0.6 is 0 Å². The van der Waals surface area contributed by atoms with Crippen molar-refractivity contribution in [1.29, 1.82) is 0 Å². The van der Waals surface area contributed by atoms with Crippen LogP contribution in [-0.2, 0) is 0 Å². The van der Waals surface area contributed by atoms with Gasteiger partial charge in [0.2, 0.25) is 0 Å². The average molecular weight is 352 g/mol. The van der Waals surface area contributed by atoms with Gasteiger partial charge in [-0.05, 0) is 38.1 Å². The fourth-order valence-electron chi connectivity index (χ4n) is 3.13. The first kappa shape index (κ1) is 17.0. The first-order valence-electron chi connectivity index (χ1n) is 8.95. The number of aromatic nitrogens is 2. The summed E-state index contributed by atoms with van der Waals surface area (Å²) in [5, 5.41) is 2.19. The zero-order chi connectivity index (χ0) is 18.6. The minimum absolute atomic E-state index is 0.708. The van der Waals surface area contributed by atoms with Crippen LogP contribution in [0.4, 0.5) is 11.4 Å². The zero-order valence-corrected chi connectivity index (χ0v) is 15.4. The standard InChI is InChI=1S/C23H20N4/c1-16(26-20-12-18-7-3-5-9-22(18)24-14-20)11-17(2)27-21-13-19-8-4-6-10-23(19)25-15-21/h3-10,12-15H,11H2,1-2H3/b26-16-,27-17+. The molecule has 2 aromatic heterocycles. The number of para-hydroxylation sites is 2. The highest BCUT2D eigenvalue weighted by atomic mass is 14.8. The smallest absolute Gasteiger partial charge is 0.0818 e. The van der Waals surface area contributed by atoms with Crippen molar-refractivity contribution in [2.24, 2.45) is 9.98 Å². The third-order valence-electron chi connectivity index (χ3n) is 4.30. The second-order valence-electron chi connectivity index (χ2n) is 6.64. The molecule has 132 valence electrons. The predicted molar refractivity (Wildman–Crippen MR) is 114 cm³/mol. The van der Waals surface area contributed by atoms with Crippen LogP contribution in [0.3, 0.4) is 0 Å². The van der Waals surface area contributed by atoms with Crippen molar-refractivity contribution in [3.63, 3.8) is 0 Å². The molecule has 0 aliphatic heterocycles. The molecule has 0 unspecified atom stereocenters. The van der Waals surface area contributed by atoms with Crippen LogP contribution in [0, 0.1) is 0 Å². The Labute approximate surface area is 158 Å². The molecule has 0 radical (unpaired) electrons. The van der Waals surface area contributed by atoms with Crippen LogP contribution in [0.2, 0.25) is 0 Å². The van der Waals surface area contributed by atoms with Gasteiger partial charge in [0.05, 0.1) is 34.8 Å². The second-order valence-corrected chi connectivity index (χ2v) is 6.64. The van der Waals surface area contributed by atoms with Crippen molar-refractivity contribution < 1.29 is 0 Å². The maximum atomic E-state index is 4.70. The Hall–Kier alpha value is -3.40. The number of nitrogens with zero attached hydrogens (tertiary/aromatic N) is 4. The summed E-state index contributed by atoms with van der Waals surface area (Å²) < 4.78 is 0. The number of pyridine rings is 2. The molecule has 4 rings (SSSR count). The Bertz CT molecular complexity index is 1080. The van der Waals surface area contributed by atoms with Crippen LogP contribution in [0.5, 0.6) is 0 Å². The van der Waals surface area contributed by atoms with Gasteiger partial charge >= 0.3 is 0 Å². The average Bonchev–Trinajstić information content (AvgIpc) is 2.67. The van der Waals surface area contributed by atoms with E-state index in [4.69, 9.17) is 9.98 Å². The van der Waals surface area contributed by atoms with Crippen LogP contribution < -0.4 is 0 Å². The van der Waals surface area contributed by atoms with Gasteiger partial charge in [-0.3, -0.25) is 20.0 Å². The summed E-state index contributed by atoms with van der Waals surface area (Å²) in [4.78, 5) is 18.3. The molecular formula is C23H20N4. The van der Waals surface area contributed by atoms with Crippen molar-refractivity contribution in [2.45, 2.75) is 20.3 Å². The van der Waals surface area contributed by atoms with Gasteiger partial charge in [0.1, 0.15) is 0 Å². The van der Waals surface area contributed by atoms with Crippen molar-refractivity contribution in [1.82, 2.24) is 9.97 Å². The molecule has 4 aromatic rings. The lowest BCUT2D eigenvalue weighted by Crippen LogP contribution is -2.00. The quantitative estimate of drug-likeness (QED) is 0.419. The van der Waals surface area contributed by atoms with E-state index in [0.29, 0.717) is 6.42 Å². The van der Waals surface area contributed by atoms with Gasteiger partial charge in [0.25, 0.3) is 0 Å². The molecular weight excluding hydrogens is 332 g/mol. The fourth-order valence-corrected chi connectivity index (χ4v) is 3.13. The number of hydrogen-bond donors (Lipinski definition) is 0. The summed E-state index contributed by atoms with van der Waals surface area (Å²) in [7, 11) is 0. The molecule has 4 nitrogen and oxygen atoms in total. The highest BCUT2D eigenvalue weighted by molar-refractivity contribution is 6.04. The molecule has 0 atom stereocenters. The second kappa shape index (κ2) is 7.46. The lowest BCUT2D eigenvalue weighted by atomic mass is 10.2. The summed E-state index contributed by atoms with van der Waals surface area (Å²) in [6, 6.07) is 20.2. The van der Waals surface area contributed by atoms with Crippen LogP contribution in [-0.4, -0.2) is 21.4 Å². The third kappa shape index (κ3) is 4.06. The lowest BCUT2D eigenvalue weighted by molar-refractivity contribution is 1.32. The van der Waals surface area contributed by atoms with E-state index < -0.39 is 0 Å². The normalized spacial score (nSPS) is 12.7. The lowest BCUT2D eigenvalue weighted by Gasteiger charge is -2.04. The van der Waals surface area contributed by atoms with E-state index in [1.807, 2.05) is 62.6 Å². The Balaban J connectivity index is 1.53. The summed E-state index contributed by atoms with van der Waals surface area (Å²) in [5.74, 6) is 0. The maximum Gasteiger partial charge on any atom is 0.0818 e. The summed E-state index contributed by atoms with van der Waals surface area (Å²) in [6.45, 7) is 4.04. The highest BCUT2D eigenvalue weighted by Crippen LogP contribution is 2.20. The molecule has 4 heteroatoms. The molecule has 2 heterocycles. The van der Waals surface area contributed by atoms with Gasteiger partial charge in [-0.25, -0.2) is 0 Å². The summed E-state index contributed by atoms with van der Waals surface area (Å²) in [6.07, 6.45) is 4.33. The molecule has 0 saturated heterocycles. The molecule has 0 amide bonds. The number of rotatable bonds is 4. The first-order chi connectivity index (χ1) is 13.2. The Morgan fingerprint density at radius 1 is 0.704 bits per heavy atom. The number of fused-ring (bicyclic) bond motifs is 2. The van der Waals surface area contributed by atoms with E-state index in [0.717, 1.165) is 44.6 Å². The molecule has 0 aliphatic carbocycles. The van der Waals surface area contributed by atoms with Crippen LogP contribution in [0.1, 0.15) is 20.3 Å². The van der Waals surface area contributed by atoms with Gasteiger partial charge in [0.15, 0.2) is 0 Å². The Morgan fingerprint density at radius 2 is 1.15 bits per heavy atom. The van der Waals surface area contributed by atoms with E-state index in [9.17, 15) is 0 Å². The van der Waals surface area contributed by atoms with Gasteiger partial charge in [-0.2, -0.15) is 0 Å². The monoisotopic (exact) mass is 352 g/mol. The van der Waals surface area contributed by atoms with E-state index in [1.165, 1.54) is 0 Å². The molecule has 0 aliphatic rings. The largest absolute Gasteiger partial charge is 0.256 e. The minimum Gasteiger partial charge on any atom is -0.256 e. The van der Waals surface area contributed by atoms with E-state index in [1.54, 1.807) is 0 Å². The first-order valence-corrected chi connectivity index (χ1v) is 8.95. The minimum atomic E-state index is 0.708. The molecule has 0 spiro atoms. The molecule has 0 saturated carbocycles. The van der Waals surface area contributed by atoms with E-state index in [2.05, 4.69) is 34.2 Å². The topological polar surface area (TPSA) is 50.5 Å². The number of hydrogen-bond acceptors (Lipinski definition) is 4. The molecule has 2 aromatic carbocycles. The molecule has 0 fully saturated rings. The third-order valence-corrected chi connectivity index (χ3v) is 4.30. The van der Waals surface area contributed by atoms with Crippen molar-refractivity contribution >= 4 is 44.6 Å². The summed E-state index contributed by atoms with van der Waals surface area (Å²) >= 11 is 0. The van der Waals surface area contributed by atoms with Crippen molar-refractivity contribution in [3.8, 4) is 0 Å². The van der Waals surface area contributed by atoms with Crippen molar-refractivity contribution in [3.05, 3.63) is 73.1 Å². The number of aliphatic imine (C=N–C) groups is 2. The maximum absolute atomic E-state index is 4.70. The predicted octanol–water partition coefficient (Wildman–Crippen LogP) is 6.06. The molecule has 27 heavy (non-hydrogen) atoms.